The van der Waals surface area contributed by atoms with Crippen molar-refractivity contribution >= 4 is 17.7 Å². The lowest BCUT2D eigenvalue weighted by molar-refractivity contribution is -0.120. The fourth-order valence-corrected chi connectivity index (χ4v) is 3.20. The summed E-state index contributed by atoms with van der Waals surface area (Å²) in [4.78, 5) is 11.4. The molecule has 86 valence electrons. The molecule has 1 heterocycles. The van der Waals surface area contributed by atoms with Crippen molar-refractivity contribution in [2.45, 2.75) is 43.4 Å². The highest BCUT2D eigenvalue weighted by Crippen LogP contribution is 2.36. The molecule has 0 radical (unpaired) electrons. The number of hydrogen-bond donors (Lipinski definition) is 2. The van der Waals surface area contributed by atoms with Crippen molar-refractivity contribution < 1.29 is 4.79 Å². The van der Waals surface area contributed by atoms with Crippen LogP contribution in [0.2, 0.25) is 0 Å². The fourth-order valence-electron chi connectivity index (χ4n) is 1.92. The number of hydrogen-bond acceptors (Lipinski definition) is 3. The monoisotopic (exact) mass is 228 g/mol. The molecule has 0 aromatic rings. The third kappa shape index (κ3) is 3.68. The summed E-state index contributed by atoms with van der Waals surface area (Å²) >= 11 is 2.03. The van der Waals surface area contributed by atoms with Crippen molar-refractivity contribution in [3.05, 3.63) is 0 Å². The van der Waals surface area contributed by atoms with E-state index in [0.29, 0.717) is 17.3 Å². The van der Waals surface area contributed by atoms with Crippen LogP contribution in [-0.4, -0.2) is 35.5 Å². The van der Waals surface area contributed by atoms with Gasteiger partial charge < -0.3 is 10.6 Å². The minimum absolute atomic E-state index is 0.157. The average molecular weight is 228 g/mol. The summed E-state index contributed by atoms with van der Waals surface area (Å²) in [5.41, 5.74) is 0. The van der Waals surface area contributed by atoms with Crippen LogP contribution in [0.25, 0.3) is 0 Å². The zero-order chi connectivity index (χ0) is 10.7. The van der Waals surface area contributed by atoms with Gasteiger partial charge in [-0.05, 0) is 38.4 Å². The van der Waals surface area contributed by atoms with Crippen LogP contribution in [0.5, 0.6) is 0 Å². The van der Waals surface area contributed by atoms with Gasteiger partial charge in [-0.1, -0.05) is 0 Å². The Morgan fingerprint density at radius 3 is 2.93 bits per heavy atom. The number of thioether (sulfide) groups is 1. The number of carbonyl (C=O) groups excluding carboxylic acids is 1. The van der Waals surface area contributed by atoms with Gasteiger partial charge in [0.05, 0.1) is 6.54 Å². The summed E-state index contributed by atoms with van der Waals surface area (Å²) in [5.74, 6) is 1.43. The first-order valence-corrected chi connectivity index (χ1v) is 6.81. The fraction of sp³-hybridized carbons (Fsp3) is 0.909. The number of rotatable bonds is 5. The van der Waals surface area contributed by atoms with Crippen molar-refractivity contribution in [1.29, 1.82) is 0 Å². The normalized spacial score (nSPS) is 30.5. The van der Waals surface area contributed by atoms with Crippen LogP contribution in [0.4, 0.5) is 0 Å². The van der Waals surface area contributed by atoms with E-state index in [1.165, 1.54) is 31.4 Å². The third-order valence-corrected chi connectivity index (χ3v) is 4.57. The Labute approximate surface area is 95.8 Å². The number of amides is 1. The van der Waals surface area contributed by atoms with E-state index in [1.54, 1.807) is 0 Å². The third-order valence-electron chi connectivity index (χ3n) is 3.03. The van der Waals surface area contributed by atoms with E-state index in [2.05, 4.69) is 17.6 Å². The second-order valence-electron chi connectivity index (χ2n) is 4.85. The van der Waals surface area contributed by atoms with Crippen LogP contribution in [0, 0.1) is 0 Å². The predicted molar refractivity (Wildman–Crippen MR) is 64.1 cm³/mol. The molecule has 3 nitrogen and oxygen atoms in total. The zero-order valence-corrected chi connectivity index (χ0v) is 10.2. The van der Waals surface area contributed by atoms with Crippen LogP contribution in [0.3, 0.4) is 0 Å². The van der Waals surface area contributed by atoms with E-state index in [4.69, 9.17) is 0 Å². The Morgan fingerprint density at radius 2 is 2.33 bits per heavy atom. The quantitative estimate of drug-likeness (QED) is 0.741. The zero-order valence-electron chi connectivity index (χ0n) is 9.34. The van der Waals surface area contributed by atoms with Crippen LogP contribution < -0.4 is 10.6 Å². The summed E-state index contributed by atoms with van der Waals surface area (Å²) < 4.78 is 0.361. The Morgan fingerprint density at radius 1 is 1.53 bits per heavy atom. The number of nitrogens with one attached hydrogen (secondary N) is 2. The summed E-state index contributed by atoms with van der Waals surface area (Å²) in [5, 5.41) is 6.25. The van der Waals surface area contributed by atoms with Crippen molar-refractivity contribution in [3.8, 4) is 0 Å². The molecule has 1 saturated heterocycles. The first kappa shape index (κ1) is 11.3. The largest absolute Gasteiger partial charge is 0.352 e. The molecule has 1 atom stereocenters. The van der Waals surface area contributed by atoms with Gasteiger partial charge in [-0.25, -0.2) is 0 Å². The van der Waals surface area contributed by atoms with E-state index in [0.717, 1.165) is 6.54 Å². The van der Waals surface area contributed by atoms with Crippen LogP contribution in [0.1, 0.15) is 32.6 Å². The van der Waals surface area contributed by atoms with Gasteiger partial charge in [0.2, 0.25) is 5.91 Å². The smallest absolute Gasteiger partial charge is 0.234 e. The van der Waals surface area contributed by atoms with E-state index in [1.807, 2.05) is 11.8 Å². The second kappa shape index (κ2) is 4.74. The highest BCUT2D eigenvalue weighted by molar-refractivity contribution is 8.00. The maximum absolute atomic E-state index is 11.4. The molecule has 1 saturated carbocycles. The van der Waals surface area contributed by atoms with Gasteiger partial charge >= 0.3 is 0 Å². The average Bonchev–Trinajstić information content (AvgIpc) is 2.88. The molecule has 2 aliphatic rings. The molecular weight excluding hydrogens is 208 g/mol. The van der Waals surface area contributed by atoms with Gasteiger partial charge in [-0.15, -0.1) is 0 Å². The molecule has 0 spiro atoms. The summed E-state index contributed by atoms with van der Waals surface area (Å²) in [6, 6.07) is 0.482. The molecule has 2 rings (SSSR count). The molecule has 0 aromatic heterocycles. The predicted octanol–water partition coefficient (Wildman–Crippen LogP) is 1.14. The highest BCUT2D eigenvalue weighted by atomic mass is 32.2. The molecule has 1 unspecified atom stereocenters. The molecule has 0 aromatic carbocycles. The molecule has 2 fully saturated rings. The lowest BCUT2D eigenvalue weighted by atomic mass is 10.1. The molecule has 15 heavy (non-hydrogen) atoms. The summed E-state index contributed by atoms with van der Waals surface area (Å²) in [6.07, 6.45) is 4.92. The van der Waals surface area contributed by atoms with E-state index in [9.17, 15) is 4.79 Å². The maximum Gasteiger partial charge on any atom is 0.234 e. The molecule has 1 aliphatic carbocycles. The van der Waals surface area contributed by atoms with E-state index in [-0.39, 0.29) is 5.91 Å². The van der Waals surface area contributed by atoms with Crippen molar-refractivity contribution in [3.63, 3.8) is 0 Å². The van der Waals surface area contributed by atoms with Gasteiger partial charge in [-0.2, -0.15) is 11.8 Å². The minimum Gasteiger partial charge on any atom is -0.352 e. The van der Waals surface area contributed by atoms with Crippen LogP contribution in [-0.2, 0) is 4.79 Å². The van der Waals surface area contributed by atoms with Crippen molar-refractivity contribution in [2.75, 3.05) is 18.8 Å². The lowest BCUT2D eigenvalue weighted by Gasteiger charge is -2.22. The lowest BCUT2D eigenvalue weighted by Crippen LogP contribution is -2.40. The molecule has 0 bridgehead atoms. The standard InChI is InChI=1S/C11H20N2OS/c1-11(5-2-6-15-11)8-12-7-10(14)13-9-3-4-9/h9,12H,2-8H2,1H3,(H,13,14). The Kier molecular flexibility index (Phi) is 3.57. The van der Waals surface area contributed by atoms with Gasteiger partial charge in [0.25, 0.3) is 0 Å². The topological polar surface area (TPSA) is 41.1 Å². The van der Waals surface area contributed by atoms with E-state index >= 15 is 0 Å². The summed E-state index contributed by atoms with van der Waals surface area (Å²) in [7, 11) is 0. The molecule has 1 amide bonds. The number of carbonyl (C=O) groups is 1. The molecule has 2 N–H and O–H groups in total. The Bertz CT molecular complexity index is 235. The van der Waals surface area contributed by atoms with Gasteiger partial charge in [0, 0.05) is 17.3 Å². The van der Waals surface area contributed by atoms with Crippen LogP contribution >= 0.6 is 11.8 Å². The summed E-state index contributed by atoms with van der Waals surface area (Å²) in [6.45, 7) is 3.72. The van der Waals surface area contributed by atoms with E-state index < -0.39 is 0 Å². The molecule has 4 heteroatoms. The second-order valence-corrected chi connectivity index (χ2v) is 6.53. The van der Waals surface area contributed by atoms with Gasteiger partial charge in [-0.3, -0.25) is 4.79 Å². The maximum atomic E-state index is 11.4. The molecule has 1 aliphatic heterocycles. The first-order chi connectivity index (χ1) is 7.18. The van der Waals surface area contributed by atoms with Gasteiger partial charge in [0.1, 0.15) is 0 Å². The van der Waals surface area contributed by atoms with Gasteiger partial charge in [0.15, 0.2) is 0 Å². The Balaban J connectivity index is 1.58. The SMILES string of the molecule is CC1(CNCC(=O)NC2CC2)CCCS1. The molecular formula is C11H20N2OS. The van der Waals surface area contributed by atoms with Crippen molar-refractivity contribution in [1.82, 2.24) is 10.6 Å². The first-order valence-electron chi connectivity index (χ1n) is 5.82. The Hall–Kier alpha value is -0.220. The van der Waals surface area contributed by atoms with Crippen molar-refractivity contribution in [2.24, 2.45) is 0 Å². The minimum atomic E-state index is 0.157. The highest BCUT2D eigenvalue weighted by Gasteiger charge is 2.29. The van der Waals surface area contributed by atoms with Crippen LogP contribution in [0.15, 0.2) is 0 Å².